The molecule has 1 aromatic heterocycles. The molecule has 0 saturated heterocycles. The molecule has 0 aliphatic carbocycles. The first-order valence-corrected chi connectivity index (χ1v) is 5.80. The predicted molar refractivity (Wildman–Crippen MR) is 66.6 cm³/mol. The zero-order chi connectivity index (χ0) is 13.7. The molecule has 1 N–H and O–H groups in total. The van der Waals surface area contributed by atoms with Gasteiger partial charge in [-0.3, -0.25) is 4.79 Å². The number of hydrogen-bond acceptors (Lipinski definition) is 2. The number of rotatable bonds is 4. The fourth-order valence-corrected chi connectivity index (χ4v) is 1.66. The SMILES string of the molecule is O=C(NCCc1ccccc1F)c1ccnc(F)c1. The quantitative estimate of drug-likeness (QED) is 0.859. The van der Waals surface area contributed by atoms with Crippen LogP contribution in [0, 0.1) is 11.8 Å². The van der Waals surface area contributed by atoms with Crippen LogP contribution >= 0.6 is 0 Å². The maximum atomic E-state index is 13.3. The van der Waals surface area contributed by atoms with E-state index < -0.39 is 11.9 Å². The van der Waals surface area contributed by atoms with Crippen LogP contribution < -0.4 is 5.32 Å². The van der Waals surface area contributed by atoms with E-state index in [1.807, 2.05) is 0 Å². The lowest BCUT2D eigenvalue weighted by Gasteiger charge is -2.06. The first-order chi connectivity index (χ1) is 9.16. The van der Waals surface area contributed by atoms with Crippen molar-refractivity contribution in [1.82, 2.24) is 10.3 Å². The van der Waals surface area contributed by atoms with Crippen LogP contribution in [0.4, 0.5) is 8.78 Å². The fraction of sp³-hybridized carbons (Fsp3) is 0.143. The van der Waals surface area contributed by atoms with Crippen LogP contribution in [-0.4, -0.2) is 17.4 Å². The van der Waals surface area contributed by atoms with Gasteiger partial charge in [0.15, 0.2) is 0 Å². The molecule has 1 aromatic carbocycles. The third kappa shape index (κ3) is 3.58. The number of nitrogens with one attached hydrogen (secondary N) is 1. The molecular formula is C14H12F2N2O. The Morgan fingerprint density at radius 3 is 2.74 bits per heavy atom. The molecule has 1 heterocycles. The minimum atomic E-state index is -0.707. The topological polar surface area (TPSA) is 42.0 Å². The van der Waals surface area contributed by atoms with Crippen molar-refractivity contribution in [2.24, 2.45) is 0 Å². The summed E-state index contributed by atoms with van der Waals surface area (Å²) in [7, 11) is 0. The van der Waals surface area contributed by atoms with Gasteiger partial charge < -0.3 is 5.32 Å². The number of carbonyl (C=O) groups is 1. The molecule has 2 aromatic rings. The van der Waals surface area contributed by atoms with Gasteiger partial charge in [0.1, 0.15) is 5.82 Å². The molecule has 5 heteroatoms. The normalized spacial score (nSPS) is 10.2. The number of benzene rings is 1. The van der Waals surface area contributed by atoms with Crippen molar-refractivity contribution < 1.29 is 13.6 Å². The smallest absolute Gasteiger partial charge is 0.251 e. The molecule has 0 atom stereocenters. The van der Waals surface area contributed by atoms with Gasteiger partial charge in [0, 0.05) is 24.4 Å². The Hall–Kier alpha value is -2.30. The van der Waals surface area contributed by atoms with E-state index >= 15 is 0 Å². The summed E-state index contributed by atoms with van der Waals surface area (Å²) in [5.74, 6) is -1.41. The lowest BCUT2D eigenvalue weighted by molar-refractivity contribution is 0.0953. The summed E-state index contributed by atoms with van der Waals surface area (Å²) in [5, 5.41) is 2.60. The van der Waals surface area contributed by atoms with Gasteiger partial charge in [-0.25, -0.2) is 9.37 Å². The van der Waals surface area contributed by atoms with Crippen LogP contribution in [0.25, 0.3) is 0 Å². The van der Waals surface area contributed by atoms with Crippen LogP contribution in [0.3, 0.4) is 0 Å². The van der Waals surface area contributed by atoms with E-state index in [4.69, 9.17) is 0 Å². The third-order valence-electron chi connectivity index (χ3n) is 2.63. The average molecular weight is 262 g/mol. The molecule has 0 saturated carbocycles. The van der Waals surface area contributed by atoms with Gasteiger partial charge in [-0.1, -0.05) is 18.2 Å². The monoisotopic (exact) mass is 262 g/mol. The van der Waals surface area contributed by atoms with Gasteiger partial charge in [0.05, 0.1) is 0 Å². The summed E-state index contributed by atoms with van der Waals surface area (Å²) in [6.07, 6.45) is 1.60. The van der Waals surface area contributed by atoms with Gasteiger partial charge in [0.2, 0.25) is 5.95 Å². The van der Waals surface area contributed by atoms with Crippen molar-refractivity contribution in [3.63, 3.8) is 0 Å². The van der Waals surface area contributed by atoms with Crippen molar-refractivity contribution in [2.75, 3.05) is 6.54 Å². The Labute approximate surface area is 109 Å². The lowest BCUT2D eigenvalue weighted by Crippen LogP contribution is -2.26. The number of aromatic nitrogens is 1. The number of amides is 1. The van der Waals surface area contributed by atoms with Gasteiger partial charge in [-0.2, -0.15) is 4.39 Å². The first-order valence-electron chi connectivity index (χ1n) is 5.80. The average Bonchev–Trinajstić information content (AvgIpc) is 2.41. The zero-order valence-corrected chi connectivity index (χ0v) is 10.1. The Morgan fingerprint density at radius 2 is 2.00 bits per heavy atom. The van der Waals surface area contributed by atoms with E-state index in [1.54, 1.807) is 18.2 Å². The summed E-state index contributed by atoms with van der Waals surface area (Å²) in [5.41, 5.74) is 0.727. The molecule has 1 amide bonds. The first kappa shape index (κ1) is 13.1. The Kier molecular flexibility index (Phi) is 4.18. The molecule has 0 aliphatic heterocycles. The third-order valence-corrected chi connectivity index (χ3v) is 2.63. The maximum Gasteiger partial charge on any atom is 0.251 e. The second kappa shape index (κ2) is 6.04. The standard InChI is InChI=1S/C14H12F2N2O/c15-12-4-2-1-3-10(12)5-8-18-14(19)11-6-7-17-13(16)9-11/h1-4,6-7,9H,5,8H2,(H,18,19). The number of halogens is 2. The highest BCUT2D eigenvalue weighted by Gasteiger charge is 2.07. The molecular weight excluding hydrogens is 250 g/mol. The summed E-state index contributed by atoms with van der Waals surface area (Å²) in [6, 6.07) is 8.85. The summed E-state index contributed by atoms with van der Waals surface area (Å²) in [6.45, 7) is 0.281. The summed E-state index contributed by atoms with van der Waals surface area (Å²) in [4.78, 5) is 15.0. The molecule has 2 rings (SSSR count). The van der Waals surface area contributed by atoms with E-state index in [0.29, 0.717) is 12.0 Å². The molecule has 98 valence electrons. The van der Waals surface area contributed by atoms with Crippen molar-refractivity contribution >= 4 is 5.91 Å². The molecule has 0 aliphatic rings. The van der Waals surface area contributed by atoms with Crippen molar-refractivity contribution in [1.29, 1.82) is 0 Å². The minimum Gasteiger partial charge on any atom is -0.352 e. The van der Waals surface area contributed by atoms with E-state index in [0.717, 1.165) is 6.07 Å². The Balaban J connectivity index is 1.90. The van der Waals surface area contributed by atoms with Crippen LogP contribution in [0.2, 0.25) is 0 Å². The van der Waals surface area contributed by atoms with Crippen LogP contribution in [0.1, 0.15) is 15.9 Å². The molecule has 19 heavy (non-hydrogen) atoms. The van der Waals surface area contributed by atoms with Crippen molar-refractivity contribution in [2.45, 2.75) is 6.42 Å². The van der Waals surface area contributed by atoms with Crippen LogP contribution in [0.15, 0.2) is 42.6 Å². The second-order valence-corrected chi connectivity index (χ2v) is 3.96. The van der Waals surface area contributed by atoms with E-state index in [-0.39, 0.29) is 17.9 Å². The van der Waals surface area contributed by atoms with E-state index in [9.17, 15) is 13.6 Å². The van der Waals surface area contributed by atoms with Gasteiger partial charge >= 0.3 is 0 Å². The molecule has 0 radical (unpaired) electrons. The number of hydrogen-bond donors (Lipinski definition) is 1. The summed E-state index contributed by atoms with van der Waals surface area (Å²) < 4.78 is 26.1. The maximum absolute atomic E-state index is 13.3. The lowest BCUT2D eigenvalue weighted by atomic mass is 10.1. The highest BCUT2D eigenvalue weighted by Crippen LogP contribution is 2.06. The van der Waals surface area contributed by atoms with Crippen molar-refractivity contribution in [3.8, 4) is 0 Å². The van der Waals surface area contributed by atoms with Gasteiger partial charge in [-0.15, -0.1) is 0 Å². The minimum absolute atomic E-state index is 0.195. The fourth-order valence-electron chi connectivity index (χ4n) is 1.66. The Bertz CT molecular complexity index is 587. The second-order valence-electron chi connectivity index (χ2n) is 3.96. The van der Waals surface area contributed by atoms with Gasteiger partial charge in [-0.05, 0) is 24.1 Å². The molecule has 0 bridgehead atoms. The van der Waals surface area contributed by atoms with Crippen LogP contribution in [-0.2, 0) is 6.42 Å². The summed E-state index contributed by atoms with van der Waals surface area (Å²) >= 11 is 0. The zero-order valence-electron chi connectivity index (χ0n) is 10.1. The van der Waals surface area contributed by atoms with Crippen LogP contribution in [0.5, 0.6) is 0 Å². The highest BCUT2D eigenvalue weighted by molar-refractivity contribution is 5.93. The van der Waals surface area contributed by atoms with E-state index in [2.05, 4.69) is 10.3 Å². The molecule has 0 fully saturated rings. The van der Waals surface area contributed by atoms with Crippen molar-refractivity contribution in [3.05, 3.63) is 65.5 Å². The molecule has 3 nitrogen and oxygen atoms in total. The molecule has 0 unspecified atom stereocenters. The van der Waals surface area contributed by atoms with Gasteiger partial charge in [0.25, 0.3) is 5.91 Å². The highest BCUT2D eigenvalue weighted by atomic mass is 19.1. The predicted octanol–water partition coefficient (Wildman–Crippen LogP) is 2.33. The largest absolute Gasteiger partial charge is 0.352 e. The number of carbonyl (C=O) groups excluding carboxylic acids is 1. The Morgan fingerprint density at radius 1 is 1.21 bits per heavy atom. The number of pyridine rings is 1. The molecule has 0 spiro atoms. The van der Waals surface area contributed by atoms with E-state index in [1.165, 1.54) is 18.3 Å². The number of nitrogens with zero attached hydrogens (tertiary/aromatic N) is 1.